The fourth-order valence-corrected chi connectivity index (χ4v) is 2.31. The van der Waals surface area contributed by atoms with Gasteiger partial charge in [0.2, 0.25) is 0 Å². The molecule has 0 aliphatic rings. The predicted octanol–water partition coefficient (Wildman–Crippen LogP) is 4.65. The Labute approximate surface area is 116 Å². The van der Waals surface area contributed by atoms with E-state index in [0.717, 1.165) is 22.4 Å². The molecule has 0 aliphatic carbocycles. The van der Waals surface area contributed by atoms with Crippen molar-refractivity contribution in [2.24, 2.45) is 0 Å². The summed E-state index contributed by atoms with van der Waals surface area (Å²) in [7, 11) is 0. The third kappa shape index (κ3) is 2.29. The molecule has 0 aliphatic heterocycles. The number of hydrogen-bond acceptors (Lipinski definition) is 3. The van der Waals surface area contributed by atoms with Crippen molar-refractivity contribution in [2.45, 2.75) is 13.0 Å². The van der Waals surface area contributed by atoms with Gasteiger partial charge in [0.15, 0.2) is 0 Å². The highest BCUT2D eigenvalue weighted by Gasteiger charge is 2.11. The summed E-state index contributed by atoms with van der Waals surface area (Å²) < 4.78 is 5.39. The lowest BCUT2D eigenvalue weighted by molar-refractivity contribution is 0.491. The van der Waals surface area contributed by atoms with Gasteiger partial charge < -0.3 is 9.73 Å². The van der Waals surface area contributed by atoms with E-state index in [4.69, 9.17) is 16.0 Å². The molecule has 0 fully saturated rings. The second-order valence-electron chi connectivity index (χ2n) is 4.38. The summed E-state index contributed by atoms with van der Waals surface area (Å²) in [6.45, 7) is 2.04. The van der Waals surface area contributed by atoms with E-state index in [9.17, 15) is 0 Å². The van der Waals surface area contributed by atoms with Crippen molar-refractivity contribution in [2.75, 3.05) is 5.32 Å². The SMILES string of the molecule is CC(Nc1ccc(Cl)c2cccnc12)c1ccco1. The molecular formula is C15H13ClN2O. The minimum Gasteiger partial charge on any atom is -0.467 e. The van der Waals surface area contributed by atoms with E-state index in [-0.39, 0.29) is 6.04 Å². The van der Waals surface area contributed by atoms with Gasteiger partial charge in [-0.1, -0.05) is 11.6 Å². The lowest BCUT2D eigenvalue weighted by Gasteiger charge is -2.14. The van der Waals surface area contributed by atoms with Gasteiger partial charge in [-0.25, -0.2) is 0 Å². The zero-order valence-corrected chi connectivity index (χ0v) is 11.2. The van der Waals surface area contributed by atoms with Crippen LogP contribution in [0.15, 0.2) is 53.3 Å². The van der Waals surface area contributed by atoms with Gasteiger partial charge in [0.25, 0.3) is 0 Å². The maximum absolute atomic E-state index is 6.18. The molecule has 1 aromatic carbocycles. The Bertz CT molecular complexity index is 694. The zero-order chi connectivity index (χ0) is 13.2. The van der Waals surface area contributed by atoms with Crippen molar-refractivity contribution in [1.29, 1.82) is 0 Å². The van der Waals surface area contributed by atoms with Crippen LogP contribution in [-0.4, -0.2) is 4.98 Å². The topological polar surface area (TPSA) is 38.1 Å². The zero-order valence-electron chi connectivity index (χ0n) is 10.4. The normalized spacial score (nSPS) is 12.5. The van der Waals surface area contributed by atoms with Crippen molar-refractivity contribution >= 4 is 28.2 Å². The van der Waals surface area contributed by atoms with Crippen LogP contribution in [0.2, 0.25) is 5.02 Å². The van der Waals surface area contributed by atoms with E-state index in [2.05, 4.69) is 10.3 Å². The van der Waals surface area contributed by atoms with Gasteiger partial charge >= 0.3 is 0 Å². The Morgan fingerprint density at radius 3 is 2.89 bits per heavy atom. The van der Waals surface area contributed by atoms with Crippen molar-refractivity contribution in [3.05, 3.63) is 59.6 Å². The van der Waals surface area contributed by atoms with Crippen molar-refractivity contribution in [1.82, 2.24) is 4.98 Å². The molecule has 2 aromatic heterocycles. The number of anilines is 1. The lowest BCUT2D eigenvalue weighted by Crippen LogP contribution is -2.06. The average Bonchev–Trinajstić information content (AvgIpc) is 2.96. The molecule has 1 N–H and O–H groups in total. The molecule has 0 bridgehead atoms. The van der Waals surface area contributed by atoms with Crippen molar-refractivity contribution < 1.29 is 4.42 Å². The molecule has 0 saturated heterocycles. The smallest absolute Gasteiger partial charge is 0.125 e. The predicted molar refractivity (Wildman–Crippen MR) is 77.5 cm³/mol. The van der Waals surface area contributed by atoms with E-state index >= 15 is 0 Å². The van der Waals surface area contributed by atoms with Gasteiger partial charge in [-0.3, -0.25) is 4.98 Å². The van der Waals surface area contributed by atoms with Crippen molar-refractivity contribution in [3.8, 4) is 0 Å². The third-order valence-electron chi connectivity index (χ3n) is 3.06. The van der Waals surface area contributed by atoms with Crippen LogP contribution in [0.1, 0.15) is 18.7 Å². The van der Waals surface area contributed by atoms with E-state index in [1.54, 1.807) is 12.5 Å². The number of furan rings is 1. The minimum atomic E-state index is 0.0707. The minimum absolute atomic E-state index is 0.0707. The molecule has 0 spiro atoms. The maximum Gasteiger partial charge on any atom is 0.125 e. The summed E-state index contributed by atoms with van der Waals surface area (Å²) >= 11 is 6.18. The van der Waals surface area contributed by atoms with Gasteiger partial charge in [-0.15, -0.1) is 0 Å². The highest BCUT2D eigenvalue weighted by molar-refractivity contribution is 6.35. The summed E-state index contributed by atoms with van der Waals surface area (Å²) in [6.07, 6.45) is 3.44. The Morgan fingerprint density at radius 1 is 1.21 bits per heavy atom. The first-order valence-corrected chi connectivity index (χ1v) is 6.46. The number of fused-ring (bicyclic) bond motifs is 1. The molecule has 19 heavy (non-hydrogen) atoms. The van der Waals surface area contributed by atoms with Crippen LogP contribution in [0.3, 0.4) is 0 Å². The summed E-state index contributed by atoms with van der Waals surface area (Å²) in [6, 6.07) is 11.6. The summed E-state index contributed by atoms with van der Waals surface area (Å²) in [5.74, 6) is 0.888. The molecule has 0 radical (unpaired) electrons. The fourth-order valence-electron chi connectivity index (χ4n) is 2.10. The quantitative estimate of drug-likeness (QED) is 0.754. The van der Waals surface area contributed by atoms with Crippen LogP contribution in [0.25, 0.3) is 10.9 Å². The van der Waals surface area contributed by atoms with Crippen LogP contribution in [-0.2, 0) is 0 Å². The van der Waals surface area contributed by atoms with E-state index in [1.807, 2.05) is 43.3 Å². The van der Waals surface area contributed by atoms with Gasteiger partial charge in [-0.05, 0) is 43.3 Å². The number of nitrogens with zero attached hydrogens (tertiary/aromatic N) is 1. The van der Waals surface area contributed by atoms with Gasteiger partial charge in [-0.2, -0.15) is 0 Å². The number of halogens is 1. The monoisotopic (exact) mass is 272 g/mol. The van der Waals surface area contributed by atoms with Crippen LogP contribution in [0, 0.1) is 0 Å². The number of aromatic nitrogens is 1. The highest BCUT2D eigenvalue weighted by atomic mass is 35.5. The van der Waals surface area contributed by atoms with Gasteiger partial charge in [0.1, 0.15) is 5.76 Å². The Hall–Kier alpha value is -2.00. The number of pyridine rings is 1. The van der Waals surface area contributed by atoms with Crippen LogP contribution >= 0.6 is 11.6 Å². The number of hydrogen-bond donors (Lipinski definition) is 1. The molecule has 1 unspecified atom stereocenters. The third-order valence-corrected chi connectivity index (χ3v) is 3.39. The standard InChI is InChI=1S/C15H13ClN2O/c1-10(14-5-3-9-19-14)18-13-7-6-12(16)11-4-2-8-17-15(11)13/h2-10,18H,1H3. The first-order valence-electron chi connectivity index (χ1n) is 6.09. The van der Waals surface area contributed by atoms with Crippen molar-refractivity contribution in [3.63, 3.8) is 0 Å². The molecule has 1 atom stereocenters. The van der Waals surface area contributed by atoms with Gasteiger partial charge in [0.05, 0.1) is 28.5 Å². The van der Waals surface area contributed by atoms with E-state index < -0.39 is 0 Å². The first kappa shape index (κ1) is 12.1. The summed E-state index contributed by atoms with van der Waals surface area (Å²) in [5, 5.41) is 5.05. The fraction of sp³-hybridized carbons (Fsp3) is 0.133. The first-order chi connectivity index (χ1) is 9.25. The Kier molecular flexibility index (Phi) is 3.13. The number of nitrogens with one attached hydrogen (secondary N) is 1. The maximum atomic E-state index is 6.18. The highest BCUT2D eigenvalue weighted by Crippen LogP contribution is 2.30. The second-order valence-corrected chi connectivity index (χ2v) is 4.78. The average molecular weight is 273 g/mol. The molecule has 3 rings (SSSR count). The van der Waals surface area contributed by atoms with Gasteiger partial charge in [0, 0.05) is 11.6 Å². The molecule has 4 heteroatoms. The number of benzene rings is 1. The molecule has 2 heterocycles. The molecule has 0 amide bonds. The van der Waals surface area contributed by atoms with E-state index in [1.165, 1.54) is 0 Å². The summed E-state index contributed by atoms with van der Waals surface area (Å²) in [5.41, 5.74) is 1.82. The summed E-state index contributed by atoms with van der Waals surface area (Å²) in [4.78, 5) is 4.40. The molecule has 3 nitrogen and oxygen atoms in total. The van der Waals surface area contributed by atoms with E-state index in [0.29, 0.717) is 5.02 Å². The molecule has 0 saturated carbocycles. The molecule has 3 aromatic rings. The molecular weight excluding hydrogens is 260 g/mol. The van der Waals surface area contributed by atoms with Crippen LogP contribution in [0.5, 0.6) is 0 Å². The Morgan fingerprint density at radius 2 is 2.11 bits per heavy atom. The number of rotatable bonds is 3. The molecule has 96 valence electrons. The largest absolute Gasteiger partial charge is 0.467 e. The second kappa shape index (κ2) is 4.94. The lowest BCUT2D eigenvalue weighted by atomic mass is 10.1. The van der Waals surface area contributed by atoms with Crippen LogP contribution < -0.4 is 5.32 Å². The van der Waals surface area contributed by atoms with Crippen LogP contribution in [0.4, 0.5) is 5.69 Å². The Balaban J connectivity index is 2.00.